The highest BCUT2D eigenvalue weighted by atomic mass is 32.2. The topological polar surface area (TPSA) is 46.2 Å². The van der Waals surface area contributed by atoms with Gasteiger partial charge in [0.2, 0.25) is 0 Å². The molecule has 2 rings (SSSR count). The summed E-state index contributed by atoms with van der Waals surface area (Å²) < 4.78 is 22.8. The van der Waals surface area contributed by atoms with Gasteiger partial charge in [-0.2, -0.15) is 0 Å². The van der Waals surface area contributed by atoms with E-state index in [1.54, 1.807) is 0 Å². The molecule has 1 N–H and O–H groups in total. The minimum absolute atomic E-state index is 0.163. The molecular weight excluding hydrogens is 186 g/mol. The summed E-state index contributed by atoms with van der Waals surface area (Å²) in [7, 11) is -2.90. The van der Waals surface area contributed by atoms with Crippen LogP contribution >= 0.6 is 0 Å². The molecule has 3 nitrogen and oxygen atoms in total. The SMILES string of the molecule is O=S1(=O)CCNc2ccccc2C1. The van der Waals surface area contributed by atoms with Gasteiger partial charge < -0.3 is 5.32 Å². The molecule has 0 radical (unpaired) electrons. The molecule has 1 aromatic carbocycles. The van der Waals surface area contributed by atoms with Gasteiger partial charge in [0, 0.05) is 12.2 Å². The summed E-state index contributed by atoms with van der Waals surface area (Å²) in [6, 6.07) is 7.53. The van der Waals surface area contributed by atoms with Gasteiger partial charge in [-0.05, 0) is 11.6 Å². The Hall–Kier alpha value is -1.03. The van der Waals surface area contributed by atoms with E-state index in [0.717, 1.165) is 11.3 Å². The molecule has 0 bridgehead atoms. The van der Waals surface area contributed by atoms with Crippen LogP contribution in [0.1, 0.15) is 5.56 Å². The first-order valence-corrected chi connectivity index (χ1v) is 6.02. The van der Waals surface area contributed by atoms with E-state index in [-0.39, 0.29) is 11.5 Å². The monoisotopic (exact) mass is 197 g/mol. The molecule has 0 aliphatic carbocycles. The summed E-state index contributed by atoms with van der Waals surface area (Å²) in [5.41, 5.74) is 1.82. The first-order valence-electron chi connectivity index (χ1n) is 4.20. The van der Waals surface area contributed by atoms with Gasteiger partial charge in [0.25, 0.3) is 0 Å². The van der Waals surface area contributed by atoms with Crippen LogP contribution in [0.4, 0.5) is 5.69 Å². The van der Waals surface area contributed by atoms with Crippen LogP contribution in [-0.4, -0.2) is 20.7 Å². The van der Waals surface area contributed by atoms with Gasteiger partial charge >= 0.3 is 0 Å². The van der Waals surface area contributed by atoms with E-state index < -0.39 is 9.84 Å². The van der Waals surface area contributed by atoms with E-state index >= 15 is 0 Å². The minimum atomic E-state index is -2.90. The molecule has 1 heterocycles. The fraction of sp³-hybridized carbons (Fsp3) is 0.333. The highest BCUT2D eigenvalue weighted by Gasteiger charge is 2.17. The number of benzene rings is 1. The molecule has 4 heteroatoms. The lowest BCUT2D eigenvalue weighted by Gasteiger charge is -2.04. The lowest BCUT2D eigenvalue weighted by atomic mass is 10.2. The molecule has 0 amide bonds. The highest BCUT2D eigenvalue weighted by molar-refractivity contribution is 7.90. The zero-order valence-electron chi connectivity index (χ0n) is 7.16. The standard InChI is InChI=1S/C9H11NO2S/c11-13(12)6-5-10-9-4-2-1-3-8(9)7-13/h1-4,10H,5-7H2. The summed E-state index contributed by atoms with van der Waals surface area (Å²) in [6.07, 6.45) is 0. The first kappa shape index (κ1) is 8.56. The fourth-order valence-electron chi connectivity index (χ4n) is 1.47. The van der Waals surface area contributed by atoms with E-state index in [0.29, 0.717) is 6.54 Å². The van der Waals surface area contributed by atoms with Crippen LogP contribution in [0.25, 0.3) is 0 Å². The zero-order chi connectivity index (χ0) is 9.31. The number of anilines is 1. The van der Waals surface area contributed by atoms with Crippen molar-refractivity contribution in [3.8, 4) is 0 Å². The van der Waals surface area contributed by atoms with Gasteiger partial charge in [0.1, 0.15) is 0 Å². The molecule has 13 heavy (non-hydrogen) atoms. The van der Waals surface area contributed by atoms with Gasteiger partial charge in [-0.3, -0.25) is 0 Å². The Labute approximate surface area is 77.7 Å². The maximum atomic E-state index is 11.4. The summed E-state index contributed by atoms with van der Waals surface area (Å²) in [5.74, 6) is 0.387. The van der Waals surface area contributed by atoms with Crippen molar-refractivity contribution in [2.24, 2.45) is 0 Å². The fourth-order valence-corrected chi connectivity index (χ4v) is 2.75. The Morgan fingerprint density at radius 2 is 2.00 bits per heavy atom. The molecule has 1 aliphatic rings. The lowest BCUT2D eigenvalue weighted by Crippen LogP contribution is -2.12. The van der Waals surface area contributed by atoms with Crippen LogP contribution in [0.2, 0.25) is 0 Å². The molecule has 0 aromatic heterocycles. The molecule has 0 spiro atoms. The quantitative estimate of drug-likeness (QED) is 0.675. The van der Waals surface area contributed by atoms with Crippen molar-refractivity contribution in [1.82, 2.24) is 0 Å². The Morgan fingerprint density at radius 3 is 2.85 bits per heavy atom. The lowest BCUT2D eigenvalue weighted by molar-refractivity contribution is 0.596. The Morgan fingerprint density at radius 1 is 1.23 bits per heavy atom. The minimum Gasteiger partial charge on any atom is -0.384 e. The number of hydrogen-bond acceptors (Lipinski definition) is 3. The predicted octanol–water partition coefficient (Wildman–Crippen LogP) is 1.03. The average Bonchev–Trinajstić information content (AvgIpc) is 2.21. The van der Waals surface area contributed by atoms with Crippen LogP contribution in [0.3, 0.4) is 0 Å². The number of nitrogens with one attached hydrogen (secondary N) is 1. The third kappa shape index (κ3) is 1.83. The largest absolute Gasteiger partial charge is 0.384 e. The van der Waals surface area contributed by atoms with E-state index in [2.05, 4.69) is 5.32 Å². The van der Waals surface area contributed by atoms with Gasteiger partial charge in [0.15, 0.2) is 9.84 Å². The van der Waals surface area contributed by atoms with E-state index in [4.69, 9.17) is 0 Å². The smallest absolute Gasteiger partial charge is 0.156 e. The Kier molecular flexibility index (Phi) is 2.00. The van der Waals surface area contributed by atoms with Crippen molar-refractivity contribution in [2.75, 3.05) is 17.6 Å². The molecule has 1 aromatic rings. The first-order chi connectivity index (χ1) is 6.17. The maximum absolute atomic E-state index is 11.4. The summed E-state index contributed by atoms with van der Waals surface area (Å²) in [6.45, 7) is 0.513. The molecule has 0 saturated carbocycles. The van der Waals surface area contributed by atoms with Crippen molar-refractivity contribution in [2.45, 2.75) is 5.75 Å². The van der Waals surface area contributed by atoms with Crippen molar-refractivity contribution >= 4 is 15.5 Å². The molecule has 0 saturated heterocycles. The van der Waals surface area contributed by atoms with Crippen LogP contribution in [0.15, 0.2) is 24.3 Å². The molecule has 0 atom stereocenters. The molecule has 70 valence electrons. The third-order valence-corrected chi connectivity index (χ3v) is 3.70. The highest BCUT2D eigenvalue weighted by Crippen LogP contribution is 2.20. The van der Waals surface area contributed by atoms with Crippen molar-refractivity contribution in [3.05, 3.63) is 29.8 Å². The normalized spacial score (nSPS) is 19.7. The van der Waals surface area contributed by atoms with Crippen molar-refractivity contribution < 1.29 is 8.42 Å². The van der Waals surface area contributed by atoms with E-state index in [9.17, 15) is 8.42 Å². The number of hydrogen-bond donors (Lipinski definition) is 1. The number of sulfone groups is 1. The Bertz CT molecular complexity index is 411. The second kappa shape index (κ2) is 3.03. The predicted molar refractivity (Wildman–Crippen MR) is 52.4 cm³/mol. The second-order valence-corrected chi connectivity index (χ2v) is 5.36. The number of rotatable bonds is 0. The average molecular weight is 197 g/mol. The summed E-state index contributed by atoms with van der Waals surface area (Å²) in [4.78, 5) is 0. The van der Waals surface area contributed by atoms with Crippen LogP contribution in [0.5, 0.6) is 0 Å². The maximum Gasteiger partial charge on any atom is 0.156 e. The molecule has 0 unspecified atom stereocenters. The van der Waals surface area contributed by atoms with E-state index in [1.165, 1.54) is 0 Å². The molecular formula is C9H11NO2S. The van der Waals surface area contributed by atoms with Gasteiger partial charge in [-0.15, -0.1) is 0 Å². The van der Waals surface area contributed by atoms with E-state index in [1.807, 2.05) is 24.3 Å². The van der Waals surface area contributed by atoms with Gasteiger partial charge in [-0.25, -0.2) is 8.42 Å². The second-order valence-electron chi connectivity index (χ2n) is 3.18. The zero-order valence-corrected chi connectivity index (χ0v) is 7.97. The van der Waals surface area contributed by atoms with Crippen molar-refractivity contribution in [3.63, 3.8) is 0 Å². The van der Waals surface area contributed by atoms with Crippen LogP contribution in [0, 0.1) is 0 Å². The summed E-state index contributed by atoms with van der Waals surface area (Å²) in [5, 5.41) is 3.10. The molecule has 1 aliphatic heterocycles. The third-order valence-electron chi connectivity index (χ3n) is 2.12. The summed E-state index contributed by atoms with van der Waals surface area (Å²) >= 11 is 0. The van der Waals surface area contributed by atoms with Crippen molar-refractivity contribution in [1.29, 1.82) is 0 Å². The van der Waals surface area contributed by atoms with Crippen LogP contribution < -0.4 is 5.32 Å². The van der Waals surface area contributed by atoms with Gasteiger partial charge in [-0.1, -0.05) is 18.2 Å². The van der Waals surface area contributed by atoms with Gasteiger partial charge in [0.05, 0.1) is 11.5 Å². The number of fused-ring (bicyclic) bond motifs is 1. The Balaban J connectivity index is 2.46. The number of para-hydroxylation sites is 1. The van der Waals surface area contributed by atoms with Crippen LogP contribution in [-0.2, 0) is 15.6 Å². The molecule has 0 fully saturated rings.